The van der Waals surface area contributed by atoms with Gasteiger partial charge in [0.05, 0.1) is 17.1 Å². The number of rotatable bonds is 5. The Labute approximate surface area is 286 Å². The van der Waals surface area contributed by atoms with Gasteiger partial charge in [-0.05, 0) is 74.5 Å². The largest absolute Gasteiger partial charge is 0.256 e. The third kappa shape index (κ3) is 5.03. The Balaban J connectivity index is 1.12. The van der Waals surface area contributed by atoms with Crippen molar-refractivity contribution >= 4 is 10.8 Å². The molecule has 1 aliphatic rings. The Kier molecular flexibility index (Phi) is 6.80. The maximum absolute atomic E-state index is 5.10. The van der Waals surface area contributed by atoms with E-state index < -0.39 is 0 Å². The third-order valence-electron chi connectivity index (χ3n) is 9.92. The quantitative estimate of drug-likeness (QED) is 0.191. The summed E-state index contributed by atoms with van der Waals surface area (Å²) in [6, 6.07) is 55.7. The predicted octanol–water partition coefficient (Wildman–Crippen LogP) is 11.7. The summed E-state index contributed by atoms with van der Waals surface area (Å²) in [5.74, 6) is 0.690. The van der Waals surface area contributed by atoms with Crippen LogP contribution in [0.2, 0.25) is 0 Å². The van der Waals surface area contributed by atoms with Crippen molar-refractivity contribution in [3.63, 3.8) is 0 Å². The first kappa shape index (κ1) is 29.0. The highest BCUT2D eigenvalue weighted by molar-refractivity contribution is 5.98. The molecular formula is C46H33N3. The Morgan fingerprint density at radius 3 is 1.84 bits per heavy atom. The maximum Gasteiger partial charge on any atom is 0.160 e. The lowest BCUT2D eigenvalue weighted by Gasteiger charge is -2.23. The van der Waals surface area contributed by atoms with Crippen molar-refractivity contribution in [2.24, 2.45) is 0 Å². The molecular weight excluding hydrogens is 595 g/mol. The van der Waals surface area contributed by atoms with Gasteiger partial charge in [0.2, 0.25) is 0 Å². The second kappa shape index (κ2) is 11.5. The van der Waals surface area contributed by atoms with Crippen molar-refractivity contribution in [3.8, 4) is 67.4 Å². The van der Waals surface area contributed by atoms with Crippen LogP contribution in [0.5, 0.6) is 0 Å². The molecule has 0 spiro atoms. The van der Waals surface area contributed by atoms with E-state index in [2.05, 4.69) is 135 Å². The molecule has 1 aliphatic carbocycles. The van der Waals surface area contributed by atoms with Gasteiger partial charge >= 0.3 is 0 Å². The van der Waals surface area contributed by atoms with Crippen LogP contribution < -0.4 is 0 Å². The van der Waals surface area contributed by atoms with Crippen molar-refractivity contribution in [2.75, 3.05) is 0 Å². The molecule has 9 rings (SSSR count). The average Bonchev–Trinajstić information content (AvgIpc) is 3.41. The minimum absolute atomic E-state index is 0.116. The molecule has 0 N–H and O–H groups in total. The minimum Gasteiger partial charge on any atom is -0.256 e. The summed E-state index contributed by atoms with van der Waals surface area (Å²) in [5, 5.41) is 2.63. The fraction of sp³-hybridized carbons (Fsp3) is 0.0652. The average molecular weight is 628 g/mol. The van der Waals surface area contributed by atoms with Crippen molar-refractivity contribution < 1.29 is 0 Å². The molecule has 232 valence electrons. The van der Waals surface area contributed by atoms with E-state index in [4.69, 9.17) is 15.0 Å². The van der Waals surface area contributed by atoms with Crippen molar-refractivity contribution in [3.05, 3.63) is 175 Å². The molecule has 0 bridgehead atoms. The van der Waals surface area contributed by atoms with Crippen molar-refractivity contribution in [1.29, 1.82) is 0 Å². The molecule has 0 saturated carbocycles. The zero-order valence-electron chi connectivity index (χ0n) is 27.4. The van der Waals surface area contributed by atoms with Gasteiger partial charge in [0.25, 0.3) is 0 Å². The number of aromatic nitrogens is 3. The van der Waals surface area contributed by atoms with E-state index in [1.54, 1.807) is 0 Å². The molecule has 0 amide bonds. The highest BCUT2D eigenvalue weighted by atomic mass is 14.9. The number of hydrogen-bond donors (Lipinski definition) is 0. The van der Waals surface area contributed by atoms with Crippen LogP contribution in [0.1, 0.15) is 25.0 Å². The fourth-order valence-electron chi connectivity index (χ4n) is 7.42. The van der Waals surface area contributed by atoms with Crippen LogP contribution in [0.4, 0.5) is 0 Å². The first-order chi connectivity index (χ1) is 24.0. The molecule has 0 radical (unpaired) electrons. The van der Waals surface area contributed by atoms with E-state index >= 15 is 0 Å². The monoisotopic (exact) mass is 627 g/mol. The first-order valence-electron chi connectivity index (χ1n) is 16.8. The molecule has 3 nitrogen and oxygen atoms in total. The predicted molar refractivity (Wildman–Crippen MR) is 202 cm³/mol. The van der Waals surface area contributed by atoms with Gasteiger partial charge in [0, 0.05) is 33.9 Å². The third-order valence-corrected chi connectivity index (χ3v) is 9.92. The molecule has 3 heteroatoms. The smallest absolute Gasteiger partial charge is 0.160 e. The molecule has 0 saturated heterocycles. The summed E-state index contributed by atoms with van der Waals surface area (Å²) >= 11 is 0. The molecule has 2 heterocycles. The van der Waals surface area contributed by atoms with E-state index in [1.807, 2.05) is 42.6 Å². The van der Waals surface area contributed by atoms with Gasteiger partial charge in [0.15, 0.2) is 5.82 Å². The molecule has 0 unspecified atom stereocenters. The van der Waals surface area contributed by atoms with Gasteiger partial charge in [-0.3, -0.25) is 4.98 Å². The first-order valence-corrected chi connectivity index (χ1v) is 16.8. The van der Waals surface area contributed by atoms with Gasteiger partial charge < -0.3 is 0 Å². The zero-order chi connectivity index (χ0) is 33.0. The number of nitrogens with zero attached hydrogens (tertiary/aromatic N) is 3. The van der Waals surface area contributed by atoms with Crippen LogP contribution in [0, 0.1) is 0 Å². The van der Waals surface area contributed by atoms with E-state index in [0.29, 0.717) is 5.82 Å². The summed E-state index contributed by atoms with van der Waals surface area (Å²) in [6.07, 6.45) is 1.91. The van der Waals surface area contributed by atoms with Gasteiger partial charge in [-0.2, -0.15) is 0 Å². The van der Waals surface area contributed by atoms with Crippen LogP contribution in [-0.4, -0.2) is 15.0 Å². The number of fused-ring (bicyclic) bond motifs is 5. The summed E-state index contributed by atoms with van der Waals surface area (Å²) in [5.41, 5.74) is 14.4. The summed E-state index contributed by atoms with van der Waals surface area (Å²) < 4.78 is 0. The normalized spacial score (nSPS) is 12.9. The molecule has 2 aromatic heterocycles. The Morgan fingerprint density at radius 2 is 1.06 bits per heavy atom. The maximum atomic E-state index is 5.10. The van der Waals surface area contributed by atoms with Gasteiger partial charge in [-0.1, -0.05) is 141 Å². The highest BCUT2D eigenvalue weighted by Crippen LogP contribution is 2.52. The molecule has 0 fully saturated rings. The lowest BCUT2D eigenvalue weighted by Crippen LogP contribution is -2.15. The molecule has 0 atom stereocenters. The van der Waals surface area contributed by atoms with Gasteiger partial charge in [-0.25, -0.2) is 9.97 Å². The van der Waals surface area contributed by atoms with E-state index in [1.165, 1.54) is 38.6 Å². The SMILES string of the molecule is CC1(C)c2cc(-c3cccc(-c4cc(-c5ccc(-c6ccccc6)nc5)nc(-c5ccccc5)n4)c3)ccc2-c2ccc3ccccc3c21. The molecule has 49 heavy (non-hydrogen) atoms. The molecule has 8 aromatic rings. The zero-order valence-corrected chi connectivity index (χ0v) is 27.4. The van der Waals surface area contributed by atoms with Crippen LogP contribution in [0.25, 0.3) is 78.2 Å². The van der Waals surface area contributed by atoms with Crippen molar-refractivity contribution in [1.82, 2.24) is 15.0 Å². The van der Waals surface area contributed by atoms with E-state index in [-0.39, 0.29) is 5.41 Å². The number of hydrogen-bond acceptors (Lipinski definition) is 3. The highest BCUT2D eigenvalue weighted by Gasteiger charge is 2.37. The molecule has 6 aromatic carbocycles. The summed E-state index contributed by atoms with van der Waals surface area (Å²) in [7, 11) is 0. The summed E-state index contributed by atoms with van der Waals surface area (Å²) in [4.78, 5) is 14.9. The van der Waals surface area contributed by atoms with E-state index in [0.717, 1.165) is 44.9 Å². The van der Waals surface area contributed by atoms with Gasteiger partial charge in [0.1, 0.15) is 0 Å². The number of pyridine rings is 1. The second-order valence-corrected chi connectivity index (χ2v) is 13.3. The minimum atomic E-state index is -0.116. The topological polar surface area (TPSA) is 38.7 Å². The Bertz CT molecular complexity index is 2500. The lowest BCUT2D eigenvalue weighted by atomic mass is 9.79. The second-order valence-electron chi connectivity index (χ2n) is 13.3. The van der Waals surface area contributed by atoms with Crippen LogP contribution in [0.15, 0.2) is 164 Å². The molecule has 0 aliphatic heterocycles. The van der Waals surface area contributed by atoms with Gasteiger partial charge in [-0.15, -0.1) is 0 Å². The summed E-state index contributed by atoms with van der Waals surface area (Å²) in [6.45, 7) is 4.72. The standard InChI is InChI=1S/C46H33N3/c1-46(2)40-27-34(21-23-38(40)39-24-20-30-12-9-10-19-37(30)44(39)46)33-17-11-18-35(26-33)42-28-43(49-45(48-42)32-15-7-4-8-16-32)36-22-25-41(47-29-36)31-13-5-3-6-14-31/h3-29H,1-2H3. The Morgan fingerprint density at radius 1 is 0.429 bits per heavy atom. The van der Waals surface area contributed by atoms with E-state index in [9.17, 15) is 0 Å². The van der Waals surface area contributed by atoms with Crippen LogP contribution in [-0.2, 0) is 5.41 Å². The Hall–Kier alpha value is -6.19. The lowest BCUT2D eigenvalue weighted by molar-refractivity contribution is 0.666. The number of benzene rings is 6. The van der Waals surface area contributed by atoms with Crippen LogP contribution in [0.3, 0.4) is 0 Å². The van der Waals surface area contributed by atoms with Crippen LogP contribution >= 0.6 is 0 Å². The fourth-order valence-corrected chi connectivity index (χ4v) is 7.42. The van der Waals surface area contributed by atoms with Crippen molar-refractivity contribution in [2.45, 2.75) is 19.3 Å².